The van der Waals surface area contributed by atoms with Crippen LogP contribution >= 0.6 is 0 Å². The van der Waals surface area contributed by atoms with Gasteiger partial charge in [0.2, 0.25) is 0 Å². The van der Waals surface area contributed by atoms with Gasteiger partial charge in [-0.1, -0.05) is 12.1 Å². The van der Waals surface area contributed by atoms with Crippen LogP contribution in [-0.4, -0.2) is 48.2 Å². The van der Waals surface area contributed by atoms with Crippen molar-refractivity contribution in [1.82, 2.24) is 4.90 Å². The minimum absolute atomic E-state index is 0.0983. The molecule has 0 radical (unpaired) electrons. The summed E-state index contributed by atoms with van der Waals surface area (Å²) < 4.78 is 5.16. The van der Waals surface area contributed by atoms with Crippen LogP contribution in [0.25, 0.3) is 10.8 Å². The number of amides is 2. The summed E-state index contributed by atoms with van der Waals surface area (Å²) >= 11 is 0. The molecule has 1 heterocycles. The highest BCUT2D eigenvalue weighted by atomic mass is 16.5. The van der Waals surface area contributed by atoms with Crippen LogP contribution in [0.1, 0.15) is 20.7 Å². The number of ether oxygens (including phenoxy) is 1. The van der Waals surface area contributed by atoms with Gasteiger partial charge in [-0.2, -0.15) is 0 Å². The van der Waals surface area contributed by atoms with Crippen molar-refractivity contribution < 1.29 is 19.4 Å². The van der Waals surface area contributed by atoms with E-state index in [1.54, 1.807) is 24.3 Å². The van der Waals surface area contributed by atoms with Crippen LogP contribution < -0.4 is 11.3 Å². The molecular weight excluding hydrogens is 298 g/mol. The van der Waals surface area contributed by atoms with Crippen molar-refractivity contribution >= 4 is 28.3 Å². The van der Waals surface area contributed by atoms with Crippen molar-refractivity contribution in [2.24, 2.45) is 5.84 Å². The van der Waals surface area contributed by atoms with Crippen molar-refractivity contribution in [2.45, 2.75) is 0 Å². The minimum Gasteiger partial charge on any atom is -0.394 e. The summed E-state index contributed by atoms with van der Waals surface area (Å²) in [7, 11) is 0. The van der Waals surface area contributed by atoms with E-state index in [0.717, 1.165) is 5.39 Å². The number of carbonyl (C=O) groups is 2. The van der Waals surface area contributed by atoms with Gasteiger partial charge in [0.05, 0.1) is 32.1 Å². The molecule has 0 saturated heterocycles. The fourth-order valence-corrected chi connectivity index (χ4v) is 2.80. The van der Waals surface area contributed by atoms with Gasteiger partial charge in [0, 0.05) is 21.9 Å². The van der Waals surface area contributed by atoms with Gasteiger partial charge in [0.25, 0.3) is 11.8 Å². The van der Waals surface area contributed by atoms with Gasteiger partial charge < -0.3 is 15.3 Å². The van der Waals surface area contributed by atoms with E-state index < -0.39 is 0 Å². The van der Waals surface area contributed by atoms with E-state index in [1.807, 2.05) is 6.07 Å². The van der Waals surface area contributed by atoms with E-state index in [4.69, 9.17) is 15.7 Å². The second-order valence-electron chi connectivity index (χ2n) is 5.13. The highest BCUT2D eigenvalue weighted by Gasteiger charge is 2.32. The fourth-order valence-electron chi connectivity index (χ4n) is 2.80. The normalized spacial score (nSPS) is 13.7. The van der Waals surface area contributed by atoms with E-state index >= 15 is 0 Å². The van der Waals surface area contributed by atoms with Crippen LogP contribution in [0.15, 0.2) is 30.3 Å². The Kier molecular flexibility index (Phi) is 4.24. The molecule has 0 fully saturated rings. The number of imide groups is 1. The Labute approximate surface area is 132 Å². The van der Waals surface area contributed by atoms with Gasteiger partial charge in [-0.25, -0.2) is 0 Å². The van der Waals surface area contributed by atoms with Crippen LogP contribution in [0.2, 0.25) is 0 Å². The molecular formula is C16H17N3O4. The predicted molar refractivity (Wildman–Crippen MR) is 85.0 cm³/mol. The van der Waals surface area contributed by atoms with E-state index in [2.05, 4.69) is 5.43 Å². The molecule has 2 aromatic carbocycles. The number of benzene rings is 2. The fraction of sp³-hybridized carbons (Fsp3) is 0.250. The van der Waals surface area contributed by atoms with Gasteiger partial charge in [0.15, 0.2) is 0 Å². The number of anilines is 1. The van der Waals surface area contributed by atoms with Gasteiger partial charge in [-0.3, -0.25) is 20.3 Å². The molecule has 1 aliphatic rings. The van der Waals surface area contributed by atoms with Crippen LogP contribution in [0.3, 0.4) is 0 Å². The number of nitrogens with one attached hydrogen (secondary N) is 1. The number of rotatable bonds is 6. The van der Waals surface area contributed by atoms with E-state index in [1.165, 1.54) is 4.90 Å². The number of aliphatic hydroxyl groups excluding tert-OH is 1. The standard InChI is InChI=1S/C16H17N3O4/c17-18-13-5-4-12-14-10(13)2-1-3-11(14)15(21)19(16(12)22)6-8-23-9-7-20/h1-5,18,20H,6-9,17H2. The molecule has 120 valence electrons. The van der Waals surface area contributed by atoms with Gasteiger partial charge in [-0.05, 0) is 18.2 Å². The van der Waals surface area contributed by atoms with E-state index in [0.29, 0.717) is 22.2 Å². The number of hydrogen-bond donors (Lipinski definition) is 3. The number of aliphatic hydroxyl groups is 1. The zero-order valence-electron chi connectivity index (χ0n) is 12.4. The lowest BCUT2D eigenvalue weighted by molar-refractivity contribution is 0.0478. The Morgan fingerprint density at radius 1 is 1.09 bits per heavy atom. The lowest BCUT2D eigenvalue weighted by Gasteiger charge is -2.27. The molecule has 2 aromatic rings. The number of hydrazine groups is 1. The molecule has 3 rings (SSSR count). The first-order valence-corrected chi connectivity index (χ1v) is 7.26. The molecule has 0 saturated carbocycles. The molecule has 7 nitrogen and oxygen atoms in total. The Hall–Kier alpha value is -2.48. The second-order valence-corrected chi connectivity index (χ2v) is 5.13. The third kappa shape index (κ3) is 2.55. The van der Waals surface area contributed by atoms with Crippen LogP contribution in [0.4, 0.5) is 5.69 Å². The summed E-state index contributed by atoms with van der Waals surface area (Å²) in [5.74, 6) is 4.80. The topological polar surface area (TPSA) is 105 Å². The maximum absolute atomic E-state index is 12.6. The molecule has 23 heavy (non-hydrogen) atoms. The number of hydrogen-bond acceptors (Lipinski definition) is 6. The molecule has 0 unspecified atom stereocenters. The third-order valence-corrected chi connectivity index (χ3v) is 3.84. The highest BCUT2D eigenvalue weighted by Crippen LogP contribution is 2.33. The zero-order valence-corrected chi connectivity index (χ0v) is 12.4. The first-order chi connectivity index (χ1) is 11.2. The number of nitrogens with two attached hydrogens (primary N) is 1. The van der Waals surface area contributed by atoms with E-state index in [9.17, 15) is 9.59 Å². The van der Waals surface area contributed by atoms with Crippen molar-refractivity contribution in [3.8, 4) is 0 Å². The molecule has 0 bridgehead atoms. The second kappa shape index (κ2) is 6.33. The molecule has 0 aliphatic carbocycles. The Morgan fingerprint density at radius 3 is 2.52 bits per heavy atom. The summed E-state index contributed by atoms with van der Waals surface area (Å²) in [6.07, 6.45) is 0. The van der Waals surface area contributed by atoms with Crippen LogP contribution in [-0.2, 0) is 4.74 Å². The smallest absolute Gasteiger partial charge is 0.261 e. The average Bonchev–Trinajstić information content (AvgIpc) is 2.58. The first kappa shape index (κ1) is 15.4. The molecule has 2 amide bonds. The summed E-state index contributed by atoms with van der Waals surface area (Å²) in [6, 6.07) is 8.66. The Balaban J connectivity index is 2.01. The van der Waals surface area contributed by atoms with Crippen molar-refractivity contribution in [3.63, 3.8) is 0 Å². The van der Waals surface area contributed by atoms with Crippen LogP contribution in [0, 0.1) is 0 Å². The van der Waals surface area contributed by atoms with Crippen molar-refractivity contribution in [3.05, 3.63) is 41.5 Å². The first-order valence-electron chi connectivity index (χ1n) is 7.26. The molecule has 0 atom stereocenters. The zero-order chi connectivity index (χ0) is 16.4. The van der Waals surface area contributed by atoms with Crippen molar-refractivity contribution in [2.75, 3.05) is 31.8 Å². The minimum atomic E-state index is -0.352. The molecule has 7 heteroatoms. The maximum atomic E-state index is 12.6. The molecule has 1 aliphatic heterocycles. The van der Waals surface area contributed by atoms with Gasteiger partial charge in [-0.15, -0.1) is 0 Å². The summed E-state index contributed by atoms with van der Waals surface area (Å²) in [5, 5.41) is 10.1. The summed E-state index contributed by atoms with van der Waals surface area (Å²) in [4.78, 5) is 26.4. The lowest BCUT2D eigenvalue weighted by atomic mass is 9.93. The van der Waals surface area contributed by atoms with Gasteiger partial charge in [0.1, 0.15) is 0 Å². The number of nitrogen functional groups attached to an aromatic ring is 1. The monoisotopic (exact) mass is 315 g/mol. The summed E-state index contributed by atoms with van der Waals surface area (Å²) in [6.45, 7) is 0.406. The van der Waals surface area contributed by atoms with Gasteiger partial charge >= 0.3 is 0 Å². The number of nitrogens with zero attached hydrogens (tertiary/aromatic N) is 1. The SMILES string of the molecule is NNc1ccc2c3c(cccc13)C(=O)N(CCOCCO)C2=O. The predicted octanol–water partition coefficient (Wildman–Crippen LogP) is 0.730. The lowest BCUT2D eigenvalue weighted by Crippen LogP contribution is -2.42. The maximum Gasteiger partial charge on any atom is 0.261 e. The van der Waals surface area contributed by atoms with Crippen LogP contribution in [0.5, 0.6) is 0 Å². The highest BCUT2D eigenvalue weighted by molar-refractivity contribution is 6.26. The molecule has 0 spiro atoms. The Morgan fingerprint density at radius 2 is 1.83 bits per heavy atom. The summed E-state index contributed by atoms with van der Waals surface area (Å²) in [5.41, 5.74) is 4.18. The van der Waals surface area contributed by atoms with E-state index in [-0.39, 0.29) is 38.2 Å². The number of carbonyl (C=O) groups excluding carboxylic acids is 2. The average molecular weight is 315 g/mol. The quantitative estimate of drug-likeness (QED) is 0.314. The third-order valence-electron chi connectivity index (χ3n) is 3.84. The molecule has 0 aromatic heterocycles. The largest absolute Gasteiger partial charge is 0.394 e. The Bertz CT molecular complexity index is 753. The van der Waals surface area contributed by atoms with Crippen molar-refractivity contribution in [1.29, 1.82) is 0 Å². The molecule has 4 N–H and O–H groups in total.